The second-order valence-corrected chi connectivity index (χ2v) is 5.45. The van der Waals surface area contributed by atoms with E-state index < -0.39 is 0 Å². The second kappa shape index (κ2) is 5.49. The van der Waals surface area contributed by atoms with Gasteiger partial charge in [0.05, 0.1) is 19.2 Å². The van der Waals surface area contributed by atoms with Crippen LogP contribution < -0.4 is 5.32 Å². The molecule has 0 aromatic heterocycles. The molecule has 2 fully saturated rings. The number of nitrogens with zero attached hydrogens (tertiary/aromatic N) is 1. The van der Waals surface area contributed by atoms with Gasteiger partial charge in [-0.05, 0) is 30.5 Å². The van der Waals surface area contributed by atoms with Gasteiger partial charge in [0.2, 0.25) is 5.91 Å². The third kappa shape index (κ3) is 2.61. The van der Waals surface area contributed by atoms with Crippen molar-refractivity contribution in [3.63, 3.8) is 0 Å². The van der Waals surface area contributed by atoms with Crippen molar-refractivity contribution in [2.24, 2.45) is 0 Å². The molecule has 4 nitrogen and oxygen atoms in total. The summed E-state index contributed by atoms with van der Waals surface area (Å²) in [5.41, 5.74) is 1.03. The highest BCUT2D eigenvalue weighted by Gasteiger charge is 2.37. The zero-order valence-electron chi connectivity index (χ0n) is 10.6. The van der Waals surface area contributed by atoms with Crippen LogP contribution in [0.4, 0.5) is 0 Å². The first-order valence-electron chi connectivity index (χ1n) is 6.63. The van der Waals surface area contributed by atoms with Crippen molar-refractivity contribution in [2.75, 3.05) is 19.8 Å². The summed E-state index contributed by atoms with van der Waals surface area (Å²) in [7, 11) is 0. The van der Waals surface area contributed by atoms with E-state index in [2.05, 4.69) is 5.32 Å². The van der Waals surface area contributed by atoms with E-state index in [1.54, 1.807) is 0 Å². The predicted molar refractivity (Wildman–Crippen MR) is 72.9 cm³/mol. The van der Waals surface area contributed by atoms with Gasteiger partial charge in [-0.25, -0.2) is 0 Å². The highest BCUT2D eigenvalue weighted by molar-refractivity contribution is 6.30. The average Bonchev–Trinajstić information content (AvgIpc) is 2.82. The summed E-state index contributed by atoms with van der Waals surface area (Å²) in [6.45, 7) is 1.81. The Hall–Kier alpha value is -1.10. The molecular weight excluding hydrogens is 264 g/mol. The Bertz CT molecular complexity index is 474. The van der Waals surface area contributed by atoms with E-state index in [0.717, 1.165) is 25.0 Å². The van der Waals surface area contributed by atoms with Crippen LogP contribution in [0.3, 0.4) is 0 Å². The predicted octanol–water partition coefficient (Wildman–Crippen LogP) is 1.95. The number of carbonyl (C=O) groups is 1. The molecule has 0 bridgehead atoms. The zero-order valence-corrected chi connectivity index (χ0v) is 11.4. The Morgan fingerprint density at radius 2 is 2.32 bits per heavy atom. The number of ether oxygens (including phenoxy) is 1. The number of hydrogen-bond acceptors (Lipinski definition) is 3. The summed E-state index contributed by atoms with van der Waals surface area (Å²) in [5, 5.41) is 3.95. The summed E-state index contributed by atoms with van der Waals surface area (Å²) in [6, 6.07) is 7.83. The summed E-state index contributed by atoms with van der Waals surface area (Å²) in [6.07, 6.45) is 1.93. The Morgan fingerprint density at radius 1 is 1.42 bits per heavy atom. The maximum atomic E-state index is 12.1. The molecule has 0 radical (unpaired) electrons. The lowest BCUT2D eigenvalue weighted by molar-refractivity contribution is -0.133. The van der Waals surface area contributed by atoms with Gasteiger partial charge < -0.3 is 9.64 Å². The molecule has 2 atom stereocenters. The van der Waals surface area contributed by atoms with Gasteiger partial charge in [0, 0.05) is 11.6 Å². The molecule has 5 heteroatoms. The average molecular weight is 281 g/mol. The highest BCUT2D eigenvalue weighted by atomic mass is 35.5. The molecule has 1 N–H and O–H groups in total. The van der Waals surface area contributed by atoms with E-state index in [0.29, 0.717) is 18.2 Å². The van der Waals surface area contributed by atoms with Gasteiger partial charge in [0.1, 0.15) is 6.17 Å². The van der Waals surface area contributed by atoms with Crippen molar-refractivity contribution in [2.45, 2.75) is 25.0 Å². The fraction of sp³-hybridized carbons (Fsp3) is 0.500. The van der Waals surface area contributed by atoms with E-state index in [-0.39, 0.29) is 18.1 Å². The fourth-order valence-electron chi connectivity index (χ4n) is 2.83. The van der Waals surface area contributed by atoms with Crippen LogP contribution >= 0.6 is 11.6 Å². The van der Waals surface area contributed by atoms with E-state index in [1.165, 1.54) is 0 Å². The maximum Gasteiger partial charge on any atom is 0.238 e. The van der Waals surface area contributed by atoms with E-state index in [1.807, 2.05) is 29.2 Å². The normalized spacial score (nSPS) is 27.8. The first-order chi connectivity index (χ1) is 9.25. The van der Waals surface area contributed by atoms with Crippen molar-refractivity contribution < 1.29 is 9.53 Å². The van der Waals surface area contributed by atoms with Crippen LogP contribution in [0.1, 0.15) is 24.6 Å². The van der Waals surface area contributed by atoms with Crippen molar-refractivity contribution in [3.05, 3.63) is 34.9 Å². The SMILES string of the molecule is O=C1CNC(c2cccc(Cl)c2)N1C1CCCOC1. The lowest BCUT2D eigenvalue weighted by Gasteiger charge is -2.35. The number of rotatable bonds is 2. The van der Waals surface area contributed by atoms with Crippen LogP contribution in [0, 0.1) is 0 Å². The second-order valence-electron chi connectivity index (χ2n) is 5.01. The number of nitrogens with one attached hydrogen (secondary N) is 1. The minimum absolute atomic E-state index is 0.0853. The molecule has 2 aliphatic heterocycles. The Labute approximate surface area is 117 Å². The molecule has 0 spiro atoms. The maximum absolute atomic E-state index is 12.1. The van der Waals surface area contributed by atoms with Gasteiger partial charge in [-0.1, -0.05) is 23.7 Å². The van der Waals surface area contributed by atoms with E-state index in [9.17, 15) is 4.79 Å². The van der Waals surface area contributed by atoms with Gasteiger partial charge in [0.15, 0.2) is 0 Å². The van der Waals surface area contributed by atoms with Gasteiger partial charge in [-0.2, -0.15) is 0 Å². The van der Waals surface area contributed by atoms with E-state index >= 15 is 0 Å². The van der Waals surface area contributed by atoms with Crippen molar-refractivity contribution >= 4 is 17.5 Å². The number of halogens is 1. The van der Waals surface area contributed by atoms with Crippen molar-refractivity contribution in [1.82, 2.24) is 10.2 Å². The number of hydrogen-bond donors (Lipinski definition) is 1. The third-order valence-electron chi connectivity index (χ3n) is 3.71. The van der Waals surface area contributed by atoms with Crippen molar-refractivity contribution in [3.8, 4) is 0 Å². The minimum Gasteiger partial charge on any atom is -0.379 e. The molecular formula is C14H17ClN2O2. The Kier molecular flexibility index (Phi) is 3.73. The first-order valence-corrected chi connectivity index (χ1v) is 7.01. The molecule has 19 heavy (non-hydrogen) atoms. The van der Waals surface area contributed by atoms with Gasteiger partial charge in [-0.3, -0.25) is 10.1 Å². The number of benzene rings is 1. The molecule has 2 unspecified atom stereocenters. The topological polar surface area (TPSA) is 41.6 Å². The Balaban J connectivity index is 1.85. The highest BCUT2D eigenvalue weighted by Crippen LogP contribution is 2.29. The number of amides is 1. The molecule has 1 amide bonds. The van der Waals surface area contributed by atoms with E-state index in [4.69, 9.17) is 16.3 Å². The summed E-state index contributed by atoms with van der Waals surface area (Å²) in [5.74, 6) is 0.139. The smallest absolute Gasteiger partial charge is 0.238 e. The molecule has 2 heterocycles. The molecule has 1 aromatic rings. The Morgan fingerprint density at radius 3 is 3.05 bits per heavy atom. The van der Waals surface area contributed by atoms with Crippen LogP contribution in [0.25, 0.3) is 0 Å². The van der Waals surface area contributed by atoms with Crippen LogP contribution in [0.2, 0.25) is 5.02 Å². The molecule has 1 aromatic carbocycles. The van der Waals surface area contributed by atoms with Crippen LogP contribution in [-0.4, -0.2) is 36.6 Å². The molecule has 2 saturated heterocycles. The molecule has 2 aliphatic rings. The number of carbonyl (C=O) groups excluding carboxylic acids is 1. The summed E-state index contributed by atoms with van der Waals surface area (Å²) < 4.78 is 5.50. The van der Waals surface area contributed by atoms with Crippen LogP contribution in [0.5, 0.6) is 0 Å². The largest absolute Gasteiger partial charge is 0.379 e. The first kappa shape index (κ1) is 12.9. The third-order valence-corrected chi connectivity index (χ3v) is 3.94. The van der Waals surface area contributed by atoms with Gasteiger partial charge in [0.25, 0.3) is 0 Å². The standard InChI is InChI=1S/C14H17ClN2O2/c15-11-4-1-3-10(7-11)14-16-8-13(18)17(14)12-5-2-6-19-9-12/h1,3-4,7,12,14,16H,2,5-6,8-9H2. The molecule has 3 rings (SSSR count). The van der Waals surface area contributed by atoms with Gasteiger partial charge in [-0.15, -0.1) is 0 Å². The zero-order chi connectivity index (χ0) is 13.2. The molecule has 0 saturated carbocycles. The monoisotopic (exact) mass is 280 g/mol. The fourth-order valence-corrected chi connectivity index (χ4v) is 3.03. The lowest BCUT2D eigenvalue weighted by atomic mass is 10.1. The summed E-state index contributed by atoms with van der Waals surface area (Å²) in [4.78, 5) is 14.0. The molecule has 102 valence electrons. The quantitative estimate of drug-likeness (QED) is 0.900. The van der Waals surface area contributed by atoms with Crippen LogP contribution in [0.15, 0.2) is 24.3 Å². The van der Waals surface area contributed by atoms with Crippen molar-refractivity contribution in [1.29, 1.82) is 0 Å². The minimum atomic E-state index is -0.0853. The molecule has 0 aliphatic carbocycles. The lowest BCUT2D eigenvalue weighted by Crippen LogP contribution is -2.44. The van der Waals surface area contributed by atoms with Gasteiger partial charge >= 0.3 is 0 Å². The summed E-state index contributed by atoms with van der Waals surface area (Å²) >= 11 is 6.04. The van der Waals surface area contributed by atoms with Crippen LogP contribution in [-0.2, 0) is 9.53 Å².